The van der Waals surface area contributed by atoms with Crippen molar-refractivity contribution in [2.75, 3.05) is 5.32 Å². The Hall–Kier alpha value is -3.43. The van der Waals surface area contributed by atoms with Crippen molar-refractivity contribution in [2.45, 2.75) is 39.2 Å². The standard InChI is InChI=1S/C10H9F2NO.C9H11N5O/c11-7-4-6-2-1-3-9(14)13-10(6)8(12)5-7;1-5(2)14-9-6(4-12-14)3-11-8(13-9)7(10)15/h4-5H,1-3H2,(H,13,14);3-5H,1-2H3,(H2,10,15). The van der Waals surface area contributed by atoms with Gasteiger partial charge in [-0.1, -0.05) is 0 Å². The van der Waals surface area contributed by atoms with Crippen LogP contribution in [0.25, 0.3) is 11.0 Å². The number of rotatable bonds is 2. The molecule has 3 aromatic rings. The van der Waals surface area contributed by atoms with E-state index in [0.29, 0.717) is 30.5 Å². The fourth-order valence-corrected chi connectivity index (χ4v) is 2.94. The van der Waals surface area contributed by atoms with E-state index in [1.807, 2.05) is 13.8 Å². The molecule has 1 aromatic carbocycles. The molecule has 1 aliphatic heterocycles. The van der Waals surface area contributed by atoms with Crippen molar-refractivity contribution in [1.82, 2.24) is 19.7 Å². The fourth-order valence-electron chi connectivity index (χ4n) is 2.94. The van der Waals surface area contributed by atoms with Crippen molar-refractivity contribution in [3.05, 3.63) is 47.5 Å². The Morgan fingerprint density at radius 1 is 1.24 bits per heavy atom. The first-order valence-corrected chi connectivity index (χ1v) is 9.04. The number of hydrogen-bond donors (Lipinski definition) is 2. The van der Waals surface area contributed by atoms with Crippen LogP contribution in [0.4, 0.5) is 14.5 Å². The summed E-state index contributed by atoms with van der Waals surface area (Å²) in [4.78, 5) is 29.9. The molecule has 4 rings (SSSR count). The van der Waals surface area contributed by atoms with Crippen LogP contribution in [-0.2, 0) is 11.2 Å². The molecule has 0 unspecified atom stereocenters. The Balaban J connectivity index is 0.000000166. The lowest BCUT2D eigenvalue weighted by molar-refractivity contribution is -0.116. The van der Waals surface area contributed by atoms with Gasteiger partial charge in [0, 0.05) is 24.7 Å². The monoisotopic (exact) mass is 402 g/mol. The second-order valence-corrected chi connectivity index (χ2v) is 6.84. The summed E-state index contributed by atoms with van der Waals surface area (Å²) in [6.45, 7) is 3.97. The van der Waals surface area contributed by atoms with Crippen molar-refractivity contribution in [1.29, 1.82) is 0 Å². The van der Waals surface area contributed by atoms with Crippen molar-refractivity contribution in [2.24, 2.45) is 5.73 Å². The maximum absolute atomic E-state index is 13.2. The molecule has 10 heteroatoms. The Morgan fingerprint density at radius 3 is 2.69 bits per heavy atom. The van der Waals surface area contributed by atoms with E-state index in [1.54, 1.807) is 17.1 Å². The number of amides is 2. The van der Waals surface area contributed by atoms with Crippen LogP contribution in [0.5, 0.6) is 0 Å². The third-order valence-corrected chi connectivity index (χ3v) is 4.29. The number of nitrogens with zero attached hydrogens (tertiary/aromatic N) is 4. The van der Waals surface area contributed by atoms with Crippen LogP contribution in [-0.4, -0.2) is 31.6 Å². The second-order valence-electron chi connectivity index (χ2n) is 6.84. The first kappa shape index (κ1) is 20.3. The van der Waals surface area contributed by atoms with E-state index in [-0.39, 0.29) is 23.5 Å². The SMILES string of the molecule is CC(C)n1ncc2cnc(C(N)=O)nc21.O=C1CCCc2cc(F)cc(F)c2N1. The Labute approximate surface area is 165 Å². The van der Waals surface area contributed by atoms with E-state index in [9.17, 15) is 18.4 Å². The zero-order chi connectivity index (χ0) is 21.1. The Kier molecular flexibility index (Phi) is 5.81. The number of nitrogens with one attached hydrogen (secondary N) is 1. The summed E-state index contributed by atoms with van der Waals surface area (Å²) in [5, 5.41) is 7.39. The third kappa shape index (κ3) is 4.53. The van der Waals surface area contributed by atoms with Gasteiger partial charge in [-0.2, -0.15) is 5.10 Å². The second kappa shape index (κ2) is 8.29. The number of hydrogen-bond acceptors (Lipinski definition) is 5. The molecular weight excluding hydrogens is 382 g/mol. The van der Waals surface area contributed by atoms with Crippen molar-refractivity contribution < 1.29 is 18.4 Å². The summed E-state index contributed by atoms with van der Waals surface area (Å²) in [6, 6.07) is 2.23. The molecule has 1 aliphatic rings. The van der Waals surface area contributed by atoms with E-state index in [2.05, 4.69) is 20.4 Å². The number of carbonyl (C=O) groups is 2. The molecule has 0 radical (unpaired) electrons. The molecular formula is C19H20F2N6O2. The van der Waals surface area contributed by atoms with Crippen molar-refractivity contribution >= 4 is 28.5 Å². The predicted molar refractivity (Wildman–Crippen MR) is 102 cm³/mol. The molecule has 29 heavy (non-hydrogen) atoms. The van der Waals surface area contributed by atoms with E-state index in [0.717, 1.165) is 11.5 Å². The molecule has 3 heterocycles. The summed E-state index contributed by atoms with van der Waals surface area (Å²) in [5.41, 5.74) is 6.41. The number of aryl methyl sites for hydroxylation is 1. The fraction of sp³-hybridized carbons (Fsp3) is 0.316. The predicted octanol–water partition coefficient (Wildman–Crippen LogP) is 2.75. The molecule has 0 aliphatic carbocycles. The van der Waals surface area contributed by atoms with Gasteiger partial charge >= 0.3 is 0 Å². The number of benzene rings is 1. The van der Waals surface area contributed by atoms with E-state index >= 15 is 0 Å². The molecule has 0 atom stereocenters. The molecule has 0 bridgehead atoms. The smallest absolute Gasteiger partial charge is 0.286 e. The minimum absolute atomic E-state index is 0.0184. The van der Waals surface area contributed by atoms with Gasteiger partial charge in [-0.3, -0.25) is 9.59 Å². The van der Waals surface area contributed by atoms with Gasteiger partial charge in [0.1, 0.15) is 11.6 Å². The summed E-state index contributed by atoms with van der Waals surface area (Å²) < 4.78 is 27.8. The number of anilines is 1. The van der Waals surface area contributed by atoms with Crippen LogP contribution in [0.1, 0.15) is 48.9 Å². The molecule has 0 fully saturated rings. The van der Waals surface area contributed by atoms with E-state index in [4.69, 9.17) is 5.73 Å². The lowest BCUT2D eigenvalue weighted by Crippen LogP contribution is -2.16. The average molecular weight is 402 g/mol. The number of aromatic nitrogens is 4. The molecule has 2 amide bonds. The highest BCUT2D eigenvalue weighted by Gasteiger charge is 2.17. The number of carbonyl (C=O) groups excluding carboxylic acids is 2. The Bertz CT molecular complexity index is 1080. The number of fused-ring (bicyclic) bond motifs is 2. The van der Waals surface area contributed by atoms with Crippen LogP contribution in [0.2, 0.25) is 0 Å². The molecule has 2 aromatic heterocycles. The van der Waals surface area contributed by atoms with Crippen molar-refractivity contribution in [3.8, 4) is 0 Å². The maximum atomic E-state index is 13.2. The maximum Gasteiger partial charge on any atom is 0.286 e. The summed E-state index contributed by atoms with van der Waals surface area (Å²) in [5.74, 6) is -2.12. The average Bonchev–Trinajstić information content (AvgIpc) is 2.99. The van der Waals surface area contributed by atoms with Gasteiger partial charge in [0.25, 0.3) is 5.91 Å². The topological polar surface area (TPSA) is 116 Å². The molecule has 152 valence electrons. The van der Waals surface area contributed by atoms with Crippen LogP contribution in [0.15, 0.2) is 24.5 Å². The molecule has 8 nitrogen and oxygen atoms in total. The van der Waals surface area contributed by atoms with Gasteiger partial charge in [-0.15, -0.1) is 0 Å². The normalized spacial score (nSPS) is 13.3. The number of nitrogens with two attached hydrogens (primary N) is 1. The highest BCUT2D eigenvalue weighted by Crippen LogP contribution is 2.26. The molecule has 3 N–H and O–H groups in total. The molecule has 0 saturated heterocycles. The molecule has 0 spiro atoms. The van der Waals surface area contributed by atoms with Gasteiger partial charge in [0.15, 0.2) is 5.65 Å². The van der Waals surface area contributed by atoms with Gasteiger partial charge in [-0.05, 0) is 38.3 Å². The van der Waals surface area contributed by atoms with Gasteiger partial charge in [-0.25, -0.2) is 23.4 Å². The van der Waals surface area contributed by atoms with Crippen LogP contribution < -0.4 is 11.1 Å². The van der Waals surface area contributed by atoms with Gasteiger partial charge in [0.05, 0.1) is 17.3 Å². The minimum Gasteiger partial charge on any atom is -0.363 e. The first-order valence-electron chi connectivity index (χ1n) is 9.04. The summed E-state index contributed by atoms with van der Waals surface area (Å²) in [6.07, 6.45) is 4.73. The zero-order valence-electron chi connectivity index (χ0n) is 15.9. The van der Waals surface area contributed by atoms with Crippen LogP contribution >= 0.6 is 0 Å². The summed E-state index contributed by atoms with van der Waals surface area (Å²) >= 11 is 0. The van der Waals surface area contributed by atoms with Crippen LogP contribution in [0, 0.1) is 11.6 Å². The van der Waals surface area contributed by atoms with Gasteiger partial charge < -0.3 is 11.1 Å². The van der Waals surface area contributed by atoms with E-state index < -0.39 is 17.5 Å². The lowest BCUT2D eigenvalue weighted by atomic mass is 10.1. The first-order chi connectivity index (χ1) is 13.8. The highest BCUT2D eigenvalue weighted by molar-refractivity contribution is 5.92. The third-order valence-electron chi connectivity index (χ3n) is 4.29. The largest absolute Gasteiger partial charge is 0.363 e. The quantitative estimate of drug-likeness (QED) is 0.684. The van der Waals surface area contributed by atoms with Crippen molar-refractivity contribution in [3.63, 3.8) is 0 Å². The number of primary amides is 1. The Morgan fingerprint density at radius 2 is 2.00 bits per heavy atom. The highest BCUT2D eigenvalue weighted by atomic mass is 19.1. The van der Waals surface area contributed by atoms with Gasteiger partial charge in [0.2, 0.25) is 11.7 Å². The van der Waals surface area contributed by atoms with Crippen LogP contribution in [0.3, 0.4) is 0 Å². The molecule has 0 saturated carbocycles. The van der Waals surface area contributed by atoms with E-state index in [1.165, 1.54) is 6.07 Å². The lowest BCUT2D eigenvalue weighted by Gasteiger charge is -2.07. The zero-order valence-corrected chi connectivity index (χ0v) is 15.9. The number of halogens is 2. The summed E-state index contributed by atoms with van der Waals surface area (Å²) in [7, 11) is 0. The minimum atomic E-state index is -0.699.